The van der Waals surface area contributed by atoms with Gasteiger partial charge in [-0.05, 0) is 45.7 Å². The Balaban J connectivity index is 0.00000420. The maximum Gasteiger partial charge on any atom is 0.409 e. The molecule has 29 heavy (non-hydrogen) atoms. The maximum absolute atomic E-state index is 13.7. The summed E-state index contributed by atoms with van der Waals surface area (Å²) in [5, 5.41) is 6.63. The lowest BCUT2D eigenvalue weighted by atomic mass is 10.1. The highest BCUT2D eigenvalue weighted by atomic mass is 127. The van der Waals surface area contributed by atoms with Gasteiger partial charge >= 0.3 is 6.09 Å². The third kappa shape index (κ3) is 8.63. The third-order valence-electron chi connectivity index (χ3n) is 4.38. The lowest BCUT2D eigenvalue weighted by Crippen LogP contribution is -2.50. The number of para-hydroxylation sites is 1. The van der Waals surface area contributed by atoms with Crippen LogP contribution in [-0.4, -0.2) is 61.9 Å². The van der Waals surface area contributed by atoms with Crippen LogP contribution < -0.4 is 15.4 Å². The van der Waals surface area contributed by atoms with Gasteiger partial charge in [0.1, 0.15) is 6.10 Å². The van der Waals surface area contributed by atoms with E-state index in [4.69, 9.17) is 9.47 Å². The smallest absolute Gasteiger partial charge is 0.409 e. The summed E-state index contributed by atoms with van der Waals surface area (Å²) in [5.74, 6) is 0.548. The number of amides is 1. The summed E-state index contributed by atoms with van der Waals surface area (Å²) in [6.45, 7) is 8.49. The van der Waals surface area contributed by atoms with Crippen molar-refractivity contribution in [2.45, 2.75) is 45.8 Å². The quantitative estimate of drug-likeness (QED) is 0.327. The Labute approximate surface area is 189 Å². The molecule has 1 fully saturated rings. The number of carbonyl (C=O) groups excluding carboxylic acids is 1. The van der Waals surface area contributed by atoms with Crippen molar-refractivity contribution in [3.63, 3.8) is 0 Å². The fourth-order valence-electron chi connectivity index (χ4n) is 2.95. The molecule has 0 bridgehead atoms. The first-order chi connectivity index (χ1) is 13.5. The molecule has 7 nitrogen and oxygen atoms in total. The van der Waals surface area contributed by atoms with E-state index in [0.29, 0.717) is 32.2 Å². The van der Waals surface area contributed by atoms with Gasteiger partial charge < -0.3 is 25.0 Å². The number of piperidine rings is 1. The molecule has 2 rings (SSSR count). The molecule has 1 aromatic carbocycles. The van der Waals surface area contributed by atoms with E-state index >= 15 is 0 Å². The van der Waals surface area contributed by atoms with Gasteiger partial charge in [-0.2, -0.15) is 0 Å². The molecule has 0 aliphatic carbocycles. The van der Waals surface area contributed by atoms with Gasteiger partial charge in [0.15, 0.2) is 17.5 Å². The summed E-state index contributed by atoms with van der Waals surface area (Å²) in [5.41, 5.74) is 0. The van der Waals surface area contributed by atoms with Crippen LogP contribution >= 0.6 is 24.0 Å². The Morgan fingerprint density at radius 3 is 2.62 bits per heavy atom. The molecule has 164 valence electrons. The van der Waals surface area contributed by atoms with E-state index in [-0.39, 0.29) is 53.8 Å². The molecule has 0 radical (unpaired) electrons. The fraction of sp³-hybridized carbons (Fsp3) is 0.600. The summed E-state index contributed by atoms with van der Waals surface area (Å²) in [7, 11) is 0. The van der Waals surface area contributed by atoms with Gasteiger partial charge in [0.05, 0.1) is 13.2 Å². The zero-order valence-electron chi connectivity index (χ0n) is 17.3. The highest BCUT2D eigenvalue weighted by Crippen LogP contribution is 2.17. The molecule has 1 atom stereocenters. The fourth-order valence-corrected chi connectivity index (χ4v) is 2.95. The van der Waals surface area contributed by atoms with Crippen molar-refractivity contribution in [1.29, 1.82) is 0 Å². The maximum atomic E-state index is 13.7. The molecule has 1 unspecified atom stereocenters. The van der Waals surface area contributed by atoms with Crippen molar-refractivity contribution >= 4 is 36.0 Å². The number of guanidine groups is 1. The number of aliphatic imine (C=N–C) groups is 1. The molecule has 1 saturated heterocycles. The second-order valence-corrected chi connectivity index (χ2v) is 6.68. The first kappa shape index (κ1) is 25.3. The molecular formula is C20H32FIN4O3. The second-order valence-electron chi connectivity index (χ2n) is 6.68. The van der Waals surface area contributed by atoms with Gasteiger partial charge in [0.25, 0.3) is 0 Å². The van der Waals surface area contributed by atoms with Crippen LogP contribution in [0.15, 0.2) is 29.3 Å². The van der Waals surface area contributed by atoms with Crippen molar-refractivity contribution < 1.29 is 18.7 Å². The first-order valence-corrected chi connectivity index (χ1v) is 9.91. The molecule has 1 aliphatic heterocycles. The SMILES string of the molecule is CCNC(=NCC(C)Oc1ccccc1F)NC1CCN(C(=O)OCC)CC1.I. The van der Waals surface area contributed by atoms with Crippen molar-refractivity contribution in [1.82, 2.24) is 15.5 Å². The first-order valence-electron chi connectivity index (χ1n) is 9.91. The molecular weight excluding hydrogens is 490 g/mol. The average molecular weight is 522 g/mol. The van der Waals surface area contributed by atoms with Gasteiger partial charge in [-0.1, -0.05) is 12.1 Å². The van der Waals surface area contributed by atoms with Crippen LogP contribution in [0.4, 0.5) is 9.18 Å². The Morgan fingerprint density at radius 2 is 2.00 bits per heavy atom. The van der Waals surface area contributed by atoms with Crippen LogP contribution in [0.25, 0.3) is 0 Å². The van der Waals surface area contributed by atoms with Crippen molar-refractivity contribution in [2.75, 3.05) is 32.8 Å². The third-order valence-corrected chi connectivity index (χ3v) is 4.38. The Bertz CT molecular complexity index is 654. The minimum Gasteiger partial charge on any atom is -0.486 e. The van der Waals surface area contributed by atoms with E-state index in [1.807, 2.05) is 20.8 Å². The number of nitrogens with zero attached hydrogens (tertiary/aromatic N) is 2. The van der Waals surface area contributed by atoms with Crippen molar-refractivity contribution in [2.24, 2.45) is 4.99 Å². The van der Waals surface area contributed by atoms with Crippen LogP contribution in [0, 0.1) is 5.82 Å². The Morgan fingerprint density at radius 1 is 1.31 bits per heavy atom. The van der Waals surface area contributed by atoms with E-state index in [1.54, 1.807) is 23.1 Å². The summed E-state index contributed by atoms with van der Waals surface area (Å²) < 4.78 is 24.4. The van der Waals surface area contributed by atoms with Crippen LogP contribution in [0.3, 0.4) is 0 Å². The monoisotopic (exact) mass is 522 g/mol. The predicted octanol–water partition coefficient (Wildman–Crippen LogP) is 3.39. The number of hydrogen-bond acceptors (Lipinski definition) is 4. The average Bonchev–Trinajstić information content (AvgIpc) is 2.69. The van der Waals surface area contributed by atoms with Crippen LogP contribution in [-0.2, 0) is 4.74 Å². The number of nitrogens with one attached hydrogen (secondary N) is 2. The van der Waals surface area contributed by atoms with E-state index < -0.39 is 0 Å². The summed E-state index contributed by atoms with van der Waals surface area (Å²) in [6, 6.07) is 6.58. The summed E-state index contributed by atoms with van der Waals surface area (Å²) >= 11 is 0. The lowest BCUT2D eigenvalue weighted by Gasteiger charge is -2.32. The molecule has 1 heterocycles. The normalized spacial score (nSPS) is 15.9. The Hall–Kier alpha value is -1.78. The number of carbonyl (C=O) groups is 1. The van der Waals surface area contributed by atoms with Gasteiger partial charge in [-0.3, -0.25) is 0 Å². The van der Waals surface area contributed by atoms with Crippen LogP contribution in [0.5, 0.6) is 5.75 Å². The predicted molar refractivity (Wildman–Crippen MR) is 123 cm³/mol. The highest BCUT2D eigenvalue weighted by molar-refractivity contribution is 14.0. The summed E-state index contributed by atoms with van der Waals surface area (Å²) in [6.07, 6.45) is 1.13. The van der Waals surface area contributed by atoms with Crippen LogP contribution in [0.1, 0.15) is 33.6 Å². The van der Waals surface area contributed by atoms with Gasteiger partial charge in [0, 0.05) is 25.7 Å². The molecule has 0 aromatic heterocycles. The molecule has 0 spiro atoms. The van der Waals surface area contributed by atoms with Crippen molar-refractivity contribution in [3.05, 3.63) is 30.1 Å². The molecule has 2 N–H and O–H groups in total. The molecule has 0 saturated carbocycles. The van der Waals surface area contributed by atoms with E-state index in [2.05, 4.69) is 15.6 Å². The number of rotatable bonds is 7. The standard InChI is InChI=1S/C20H31FN4O3.HI/c1-4-22-19(23-14-15(3)28-18-9-7-6-8-17(18)21)24-16-10-12-25(13-11-16)20(26)27-5-2;/h6-9,15-16H,4-5,10-14H2,1-3H3,(H2,22,23,24);1H. The minimum atomic E-state index is -0.378. The van der Waals surface area contributed by atoms with Gasteiger partial charge in [-0.25, -0.2) is 14.2 Å². The Kier molecular flexibility index (Phi) is 11.7. The number of hydrogen-bond donors (Lipinski definition) is 2. The zero-order valence-corrected chi connectivity index (χ0v) is 19.6. The number of benzene rings is 1. The van der Waals surface area contributed by atoms with Gasteiger partial charge in [-0.15, -0.1) is 24.0 Å². The van der Waals surface area contributed by atoms with E-state index in [0.717, 1.165) is 19.4 Å². The van der Waals surface area contributed by atoms with E-state index in [9.17, 15) is 9.18 Å². The topological polar surface area (TPSA) is 75.2 Å². The minimum absolute atomic E-state index is 0. The van der Waals surface area contributed by atoms with E-state index in [1.165, 1.54) is 6.07 Å². The lowest BCUT2D eigenvalue weighted by molar-refractivity contribution is 0.0963. The second kappa shape index (κ2) is 13.4. The molecule has 9 heteroatoms. The summed E-state index contributed by atoms with van der Waals surface area (Å²) in [4.78, 5) is 18.1. The van der Waals surface area contributed by atoms with Crippen molar-refractivity contribution in [3.8, 4) is 5.75 Å². The van der Waals surface area contributed by atoms with Crippen LogP contribution in [0.2, 0.25) is 0 Å². The highest BCUT2D eigenvalue weighted by Gasteiger charge is 2.24. The number of ether oxygens (including phenoxy) is 2. The molecule has 1 aromatic rings. The molecule has 1 amide bonds. The number of likely N-dealkylation sites (tertiary alicyclic amines) is 1. The molecule has 1 aliphatic rings. The largest absolute Gasteiger partial charge is 0.486 e. The zero-order chi connectivity index (χ0) is 20.4. The number of halogens is 2. The van der Waals surface area contributed by atoms with Gasteiger partial charge in [0.2, 0.25) is 0 Å².